The molecule has 202 valence electrons. The van der Waals surface area contributed by atoms with Crippen LogP contribution >= 0.6 is 0 Å². The van der Waals surface area contributed by atoms with Crippen LogP contribution in [0.3, 0.4) is 0 Å². The largest absolute Gasteiger partial charge is 0.337 e. The predicted octanol–water partition coefficient (Wildman–Crippen LogP) is 4.03. The number of aromatic amines is 1. The van der Waals surface area contributed by atoms with Crippen molar-refractivity contribution in [2.75, 3.05) is 46.8 Å². The highest BCUT2D eigenvalue weighted by Crippen LogP contribution is 2.29. The first-order valence-electron chi connectivity index (χ1n) is 13.1. The van der Waals surface area contributed by atoms with Gasteiger partial charge in [0.2, 0.25) is 5.91 Å². The molecule has 5 rings (SSSR count). The SMILES string of the molecule is CN(C)C/C=C/C(=O)N1CCN(Cc2ccc(-c3ccc4[nH]nc(/C=C/c5cnn(C)c5)c4c3)c(F)c2)CC1. The molecular weight excluding hydrogens is 493 g/mol. The van der Waals surface area contributed by atoms with E-state index in [1.807, 2.05) is 85.7 Å². The maximum absolute atomic E-state index is 15.3. The number of aromatic nitrogens is 4. The van der Waals surface area contributed by atoms with Crippen LogP contribution in [-0.2, 0) is 18.4 Å². The number of benzene rings is 2. The lowest BCUT2D eigenvalue weighted by Crippen LogP contribution is -2.47. The number of rotatable bonds is 8. The molecule has 4 aromatic rings. The topological polar surface area (TPSA) is 73.3 Å². The normalized spacial score (nSPS) is 14.9. The van der Waals surface area contributed by atoms with E-state index in [1.54, 1.807) is 23.0 Å². The second kappa shape index (κ2) is 11.8. The van der Waals surface area contributed by atoms with E-state index < -0.39 is 0 Å². The number of carbonyl (C=O) groups excluding carboxylic acids is 1. The minimum atomic E-state index is -0.248. The molecule has 1 aliphatic rings. The van der Waals surface area contributed by atoms with Gasteiger partial charge in [0.1, 0.15) is 5.82 Å². The van der Waals surface area contributed by atoms with Gasteiger partial charge < -0.3 is 9.80 Å². The summed E-state index contributed by atoms with van der Waals surface area (Å²) in [6.07, 6.45) is 11.2. The molecule has 1 fully saturated rings. The van der Waals surface area contributed by atoms with Gasteiger partial charge in [-0.3, -0.25) is 19.5 Å². The van der Waals surface area contributed by atoms with E-state index in [-0.39, 0.29) is 11.7 Å². The number of aryl methyl sites for hydroxylation is 1. The van der Waals surface area contributed by atoms with Crippen LogP contribution in [0.2, 0.25) is 0 Å². The Hall–Kier alpha value is -4.08. The zero-order valence-electron chi connectivity index (χ0n) is 22.6. The third-order valence-electron chi connectivity index (χ3n) is 6.92. The van der Waals surface area contributed by atoms with Crippen LogP contribution in [-0.4, -0.2) is 87.4 Å². The van der Waals surface area contributed by atoms with Gasteiger partial charge in [-0.15, -0.1) is 0 Å². The van der Waals surface area contributed by atoms with E-state index >= 15 is 4.39 Å². The molecule has 39 heavy (non-hydrogen) atoms. The van der Waals surface area contributed by atoms with Crippen molar-refractivity contribution in [2.24, 2.45) is 7.05 Å². The first-order chi connectivity index (χ1) is 18.9. The maximum atomic E-state index is 15.3. The number of fused-ring (bicyclic) bond motifs is 1. The molecule has 8 nitrogen and oxygen atoms in total. The molecule has 1 saturated heterocycles. The lowest BCUT2D eigenvalue weighted by Gasteiger charge is -2.34. The zero-order valence-corrected chi connectivity index (χ0v) is 22.6. The molecule has 0 unspecified atom stereocenters. The number of H-pyrrole nitrogens is 1. The minimum absolute atomic E-state index is 0.0530. The molecule has 1 aliphatic heterocycles. The summed E-state index contributed by atoms with van der Waals surface area (Å²) in [6.45, 7) is 4.28. The number of halogens is 1. The van der Waals surface area contributed by atoms with Crippen molar-refractivity contribution in [3.63, 3.8) is 0 Å². The molecule has 0 bridgehead atoms. The Morgan fingerprint density at radius 2 is 1.92 bits per heavy atom. The quantitative estimate of drug-likeness (QED) is 0.350. The van der Waals surface area contributed by atoms with Gasteiger partial charge in [0, 0.05) is 75.1 Å². The van der Waals surface area contributed by atoms with Crippen molar-refractivity contribution in [1.29, 1.82) is 0 Å². The van der Waals surface area contributed by atoms with Crippen LogP contribution in [0.25, 0.3) is 34.2 Å². The summed E-state index contributed by atoms with van der Waals surface area (Å²) >= 11 is 0. The number of likely N-dealkylation sites (N-methyl/N-ethyl adjacent to an activating group) is 1. The van der Waals surface area contributed by atoms with Crippen molar-refractivity contribution in [2.45, 2.75) is 6.54 Å². The smallest absolute Gasteiger partial charge is 0.246 e. The fourth-order valence-corrected chi connectivity index (χ4v) is 4.78. The molecule has 2 aromatic heterocycles. The highest BCUT2D eigenvalue weighted by molar-refractivity contribution is 5.92. The Kier molecular flexibility index (Phi) is 7.99. The van der Waals surface area contributed by atoms with Gasteiger partial charge in [-0.1, -0.05) is 24.3 Å². The van der Waals surface area contributed by atoms with Crippen LogP contribution in [0.1, 0.15) is 16.8 Å². The van der Waals surface area contributed by atoms with Crippen molar-refractivity contribution in [3.8, 4) is 11.1 Å². The molecule has 1 amide bonds. The fourth-order valence-electron chi connectivity index (χ4n) is 4.78. The van der Waals surface area contributed by atoms with Gasteiger partial charge in [0.15, 0.2) is 0 Å². The zero-order chi connectivity index (χ0) is 27.4. The molecule has 9 heteroatoms. The second-order valence-electron chi connectivity index (χ2n) is 10.2. The monoisotopic (exact) mass is 527 g/mol. The van der Waals surface area contributed by atoms with Crippen molar-refractivity contribution in [1.82, 2.24) is 34.7 Å². The van der Waals surface area contributed by atoms with E-state index in [2.05, 4.69) is 20.2 Å². The first kappa shape index (κ1) is 26.5. The predicted molar refractivity (Wildman–Crippen MR) is 153 cm³/mol. The van der Waals surface area contributed by atoms with Crippen LogP contribution < -0.4 is 0 Å². The summed E-state index contributed by atoms with van der Waals surface area (Å²) in [7, 11) is 5.82. The summed E-state index contributed by atoms with van der Waals surface area (Å²) in [4.78, 5) is 18.5. The third kappa shape index (κ3) is 6.50. The van der Waals surface area contributed by atoms with E-state index in [9.17, 15) is 4.79 Å². The average molecular weight is 528 g/mol. The molecule has 1 N–H and O–H groups in total. The van der Waals surface area contributed by atoms with Crippen molar-refractivity contribution < 1.29 is 9.18 Å². The van der Waals surface area contributed by atoms with Crippen molar-refractivity contribution in [3.05, 3.63) is 83.6 Å². The number of amides is 1. The van der Waals surface area contributed by atoms with Crippen LogP contribution in [0.5, 0.6) is 0 Å². The van der Waals surface area contributed by atoms with Gasteiger partial charge in [0.05, 0.1) is 17.4 Å². The lowest BCUT2D eigenvalue weighted by atomic mass is 10.0. The number of hydrogen-bond acceptors (Lipinski definition) is 5. The minimum Gasteiger partial charge on any atom is -0.337 e. The van der Waals surface area contributed by atoms with Gasteiger partial charge >= 0.3 is 0 Å². The molecule has 0 atom stereocenters. The van der Waals surface area contributed by atoms with Gasteiger partial charge in [0.25, 0.3) is 0 Å². The summed E-state index contributed by atoms with van der Waals surface area (Å²) in [5, 5.41) is 12.6. The van der Waals surface area contributed by atoms with Gasteiger partial charge in [-0.2, -0.15) is 10.2 Å². The third-order valence-corrected chi connectivity index (χ3v) is 6.92. The van der Waals surface area contributed by atoms with Crippen LogP contribution in [0, 0.1) is 5.82 Å². The van der Waals surface area contributed by atoms with Gasteiger partial charge in [-0.25, -0.2) is 4.39 Å². The van der Waals surface area contributed by atoms with Gasteiger partial charge in [-0.05, 0) is 55.6 Å². The summed E-state index contributed by atoms with van der Waals surface area (Å²) in [5.74, 6) is -0.195. The first-order valence-corrected chi connectivity index (χ1v) is 13.1. The van der Waals surface area contributed by atoms with E-state index in [4.69, 9.17) is 0 Å². The Morgan fingerprint density at radius 1 is 1.10 bits per heavy atom. The molecule has 0 aliphatic carbocycles. The Morgan fingerprint density at radius 3 is 2.64 bits per heavy atom. The lowest BCUT2D eigenvalue weighted by molar-refractivity contribution is -0.127. The number of nitrogens with zero attached hydrogens (tertiary/aromatic N) is 6. The maximum Gasteiger partial charge on any atom is 0.246 e. The standard InChI is InChI=1S/C30H34FN7O/c1-35(2)12-4-5-30(39)38-15-13-37(14-16-38)21-22-6-9-25(27(31)17-22)24-8-11-29-26(18-24)28(33-34-29)10-7-23-19-32-36(3)20-23/h4-11,17-20H,12-16,21H2,1-3H3,(H,33,34)/b5-4+,10-7+. The number of piperazine rings is 1. The Balaban J connectivity index is 1.23. The summed E-state index contributed by atoms with van der Waals surface area (Å²) < 4.78 is 17.1. The van der Waals surface area contributed by atoms with E-state index in [0.29, 0.717) is 25.2 Å². The number of hydrogen-bond donors (Lipinski definition) is 1. The molecular formula is C30H34FN7O. The molecule has 3 heterocycles. The summed E-state index contributed by atoms with van der Waals surface area (Å²) in [5.41, 5.74) is 4.95. The van der Waals surface area contributed by atoms with Crippen LogP contribution in [0.15, 0.2) is 60.9 Å². The molecule has 2 aromatic carbocycles. The Bertz CT molecular complexity index is 1510. The highest BCUT2D eigenvalue weighted by Gasteiger charge is 2.20. The number of carbonyl (C=O) groups is 1. The Labute approximate surface area is 228 Å². The second-order valence-corrected chi connectivity index (χ2v) is 10.2. The van der Waals surface area contributed by atoms with Crippen molar-refractivity contribution >= 4 is 29.0 Å². The van der Waals surface area contributed by atoms with Crippen LogP contribution in [0.4, 0.5) is 4.39 Å². The highest BCUT2D eigenvalue weighted by atomic mass is 19.1. The molecule has 0 radical (unpaired) electrons. The van der Waals surface area contributed by atoms with E-state index in [1.165, 1.54) is 0 Å². The fraction of sp³-hybridized carbons (Fsp3) is 0.300. The van der Waals surface area contributed by atoms with E-state index in [0.717, 1.165) is 52.9 Å². The molecule has 0 saturated carbocycles. The average Bonchev–Trinajstić information content (AvgIpc) is 3.52. The molecule has 0 spiro atoms. The number of nitrogens with one attached hydrogen (secondary N) is 1. The summed E-state index contributed by atoms with van der Waals surface area (Å²) in [6, 6.07) is 11.3.